The minimum Gasteiger partial charge on any atom is -0.480 e. The Morgan fingerprint density at radius 2 is 1.23 bits per heavy atom. The lowest BCUT2D eigenvalue weighted by Crippen LogP contribution is -2.46. The highest BCUT2D eigenvalue weighted by molar-refractivity contribution is 5.69. The first-order chi connectivity index (χ1) is 10.5. The van der Waals surface area contributed by atoms with Crippen LogP contribution in [0, 0.1) is 0 Å². The van der Waals surface area contributed by atoms with Crippen LogP contribution >= 0.6 is 0 Å². The van der Waals surface area contributed by atoms with Crippen molar-refractivity contribution in [2.24, 2.45) is 0 Å². The van der Waals surface area contributed by atoms with Crippen LogP contribution in [-0.4, -0.2) is 109 Å². The van der Waals surface area contributed by atoms with Crippen molar-refractivity contribution in [3.63, 3.8) is 0 Å². The highest BCUT2D eigenvalue weighted by Crippen LogP contribution is 1.97. The molecule has 0 amide bonds. The summed E-state index contributed by atoms with van der Waals surface area (Å²) in [5.74, 6) is -1.70. The largest absolute Gasteiger partial charge is 0.480 e. The molecule has 0 spiro atoms. The van der Waals surface area contributed by atoms with Crippen molar-refractivity contribution in [3.8, 4) is 0 Å². The second-order valence-corrected chi connectivity index (χ2v) is 5.52. The third-order valence-electron chi connectivity index (χ3n) is 3.84. The lowest BCUT2D eigenvalue weighted by Gasteiger charge is -2.29. The molecular formula is C14H28N4O4. The Hall–Kier alpha value is -1.22. The van der Waals surface area contributed by atoms with Crippen molar-refractivity contribution < 1.29 is 19.8 Å². The van der Waals surface area contributed by atoms with Gasteiger partial charge in [0.25, 0.3) is 0 Å². The van der Waals surface area contributed by atoms with Crippen molar-refractivity contribution in [2.45, 2.75) is 6.92 Å². The van der Waals surface area contributed by atoms with Gasteiger partial charge < -0.3 is 20.4 Å². The zero-order chi connectivity index (χ0) is 16.4. The fraction of sp³-hybridized carbons (Fsp3) is 0.857. The van der Waals surface area contributed by atoms with Gasteiger partial charge in [0.2, 0.25) is 0 Å². The Bertz CT molecular complexity index is 354. The van der Waals surface area contributed by atoms with E-state index in [4.69, 9.17) is 10.2 Å². The normalized spacial score (nSPS) is 21.0. The number of carbonyl (C=O) groups is 2. The first kappa shape index (κ1) is 18.8. The third kappa shape index (κ3) is 8.28. The lowest BCUT2D eigenvalue weighted by molar-refractivity contribution is -0.140. The maximum Gasteiger partial charge on any atom is 0.317 e. The molecule has 0 bridgehead atoms. The summed E-state index contributed by atoms with van der Waals surface area (Å²) in [5, 5.41) is 21.3. The van der Waals surface area contributed by atoms with E-state index < -0.39 is 11.9 Å². The molecule has 8 heteroatoms. The molecule has 1 heterocycles. The number of aliphatic carboxylic acids is 2. The molecule has 0 aromatic heterocycles. The van der Waals surface area contributed by atoms with Gasteiger partial charge in [0.1, 0.15) is 0 Å². The Labute approximate surface area is 131 Å². The molecule has 3 N–H and O–H groups in total. The van der Waals surface area contributed by atoms with Gasteiger partial charge in [-0.3, -0.25) is 19.4 Å². The van der Waals surface area contributed by atoms with Crippen LogP contribution < -0.4 is 5.32 Å². The van der Waals surface area contributed by atoms with E-state index in [-0.39, 0.29) is 13.1 Å². The summed E-state index contributed by atoms with van der Waals surface area (Å²) >= 11 is 0. The predicted molar refractivity (Wildman–Crippen MR) is 83.1 cm³/mol. The maximum atomic E-state index is 11.0. The number of rotatable bonds is 5. The standard InChI is InChI=1S/C14H28N4O4/c1-2-16-5-3-15-4-6-17(11-13(19)20)9-10-18(8-7-16)12-14(21)22/h15H,2-12H2,1H3,(H,19,20)(H,21,22). The molecule has 0 unspecified atom stereocenters. The van der Waals surface area contributed by atoms with Gasteiger partial charge in [-0.25, -0.2) is 0 Å². The summed E-state index contributed by atoms with van der Waals surface area (Å²) in [7, 11) is 0. The monoisotopic (exact) mass is 316 g/mol. The van der Waals surface area contributed by atoms with Gasteiger partial charge in [-0.15, -0.1) is 0 Å². The Morgan fingerprint density at radius 1 is 0.818 bits per heavy atom. The van der Waals surface area contributed by atoms with E-state index in [1.807, 2.05) is 9.80 Å². The summed E-state index contributed by atoms with van der Waals surface area (Å²) in [6.45, 7) is 8.82. The van der Waals surface area contributed by atoms with Crippen LogP contribution in [0.1, 0.15) is 6.92 Å². The van der Waals surface area contributed by atoms with Crippen LogP contribution in [0.3, 0.4) is 0 Å². The molecule has 0 radical (unpaired) electrons. The predicted octanol–water partition coefficient (Wildman–Crippen LogP) is -1.32. The van der Waals surface area contributed by atoms with Gasteiger partial charge >= 0.3 is 11.9 Å². The first-order valence-electron chi connectivity index (χ1n) is 7.82. The van der Waals surface area contributed by atoms with Crippen LogP contribution in [-0.2, 0) is 9.59 Å². The molecule has 0 aliphatic carbocycles. The van der Waals surface area contributed by atoms with Crippen molar-refractivity contribution in [3.05, 3.63) is 0 Å². The van der Waals surface area contributed by atoms with Crippen molar-refractivity contribution in [1.29, 1.82) is 0 Å². The second kappa shape index (κ2) is 10.5. The quantitative estimate of drug-likeness (QED) is 0.575. The van der Waals surface area contributed by atoms with Gasteiger partial charge in [0, 0.05) is 52.4 Å². The molecule has 1 saturated heterocycles. The van der Waals surface area contributed by atoms with Gasteiger partial charge in [-0.2, -0.15) is 0 Å². The highest BCUT2D eigenvalue weighted by Gasteiger charge is 2.16. The molecule has 1 fully saturated rings. The van der Waals surface area contributed by atoms with Crippen LogP contribution in [0.25, 0.3) is 0 Å². The summed E-state index contributed by atoms with van der Waals surface area (Å²) in [6.07, 6.45) is 0. The van der Waals surface area contributed by atoms with Crippen molar-refractivity contribution >= 4 is 11.9 Å². The molecule has 0 saturated carbocycles. The fourth-order valence-electron chi connectivity index (χ4n) is 2.52. The average Bonchev–Trinajstić information content (AvgIpc) is 2.43. The van der Waals surface area contributed by atoms with Gasteiger partial charge in [0.15, 0.2) is 0 Å². The third-order valence-corrected chi connectivity index (χ3v) is 3.84. The van der Waals surface area contributed by atoms with E-state index in [0.717, 1.165) is 32.7 Å². The Morgan fingerprint density at radius 3 is 1.68 bits per heavy atom. The SMILES string of the molecule is CCN1CCNCCN(CC(=O)O)CCN(CC(=O)O)CC1. The number of carboxylic acid groups (broad SMARTS) is 2. The molecule has 1 aliphatic rings. The van der Waals surface area contributed by atoms with Crippen molar-refractivity contribution in [1.82, 2.24) is 20.0 Å². The zero-order valence-electron chi connectivity index (χ0n) is 13.3. The summed E-state index contributed by atoms with van der Waals surface area (Å²) in [4.78, 5) is 27.9. The van der Waals surface area contributed by atoms with Gasteiger partial charge in [0.05, 0.1) is 13.1 Å². The molecule has 128 valence electrons. The van der Waals surface area contributed by atoms with Crippen LogP contribution in [0.4, 0.5) is 0 Å². The molecule has 8 nitrogen and oxygen atoms in total. The summed E-state index contributed by atoms with van der Waals surface area (Å²) in [5.41, 5.74) is 0. The van der Waals surface area contributed by atoms with E-state index >= 15 is 0 Å². The number of nitrogens with zero attached hydrogens (tertiary/aromatic N) is 3. The maximum absolute atomic E-state index is 11.0. The topological polar surface area (TPSA) is 96.4 Å². The van der Waals surface area contributed by atoms with Gasteiger partial charge in [-0.05, 0) is 6.54 Å². The molecule has 0 aromatic carbocycles. The highest BCUT2D eigenvalue weighted by atomic mass is 16.4. The first-order valence-corrected chi connectivity index (χ1v) is 7.82. The van der Waals surface area contributed by atoms with Gasteiger partial charge in [-0.1, -0.05) is 6.92 Å². The smallest absolute Gasteiger partial charge is 0.317 e. The summed E-state index contributed by atoms with van der Waals surface area (Å²) < 4.78 is 0. The minimum absolute atomic E-state index is 0.00326. The number of nitrogens with one attached hydrogen (secondary N) is 1. The van der Waals surface area contributed by atoms with E-state index in [0.29, 0.717) is 26.2 Å². The Kier molecular flexibility index (Phi) is 8.98. The Balaban J connectivity index is 2.62. The van der Waals surface area contributed by atoms with E-state index in [1.54, 1.807) is 0 Å². The van der Waals surface area contributed by atoms with E-state index in [2.05, 4.69) is 17.1 Å². The average molecular weight is 316 g/mol. The number of likely N-dealkylation sites (N-methyl/N-ethyl adjacent to an activating group) is 1. The van der Waals surface area contributed by atoms with Crippen LogP contribution in [0.2, 0.25) is 0 Å². The molecule has 22 heavy (non-hydrogen) atoms. The zero-order valence-corrected chi connectivity index (χ0v) is 13.3. The number of hydrogen-bond donors (Lipinski definition) is 3. The van der Waals surface area contributed by atoms with E-state index in [9.17, 15) is 9.59 Å². The molecule has 0 atom stereocenters. The van der Waals surface area contributed by atoms with Crippen LogP contribution in [0.15, 0.2) is 0 Å². The van der Waals surface area contributed by atoms with Crippen LogP contribution in [0.5, 0.6) is 0 Å². The number of carboxylic acids is 2. The molecule has 1 rings (SSSR count). The molecule has 0 aromatic rings. The molecule has 1 aliphatic heterocycles. The lowest BCUT2D eigenvalue weighted by atomic mass is 10.3. The molecular weight excluding hydrogens is 288 g/mol. The number of hydrogen-bond acceptors (Lipinski definition) is 6. The minimum atomic E-state index is -0.853. The van der Waals surface area contributed by atoms with E-state index in [1.165, 1.54) is 0 Å². The van der Waals surface area contributed by atoms with Crippen molar-refractivity contribution in [2.75, 3.05) is 72.0 Å². The summed E-state index contributed by atoms with van der Waals surface area (Å²) in [6, 6.07) is 0. The second-order valence-electron chi connectivity index (χ2n) is 5.52. The fourth-order valence-corrected chi connectivity index (χ4v) is 2.52.